The molecule has 0 aliphatic carbocycles. The number of nitrogen functional groups attached to an aromatic ring is 1. The zero-order valence-electron chi connectivity index (χ0n) is 7.58. The summed E-state index contributed by atoms with van der Waals surface area (Å²) in [6.45, 7) is 0. The van der Waals surface area contributed by atoms with Gasteiger partial charge in [-0.15, -0.1) is 0 Å². The van der Waals surface area contributed by atoms with Crippen molar-refractivity contribution in [1.29, 1.82) is 0 Å². The minimum atomic E-state index is -0.404. The molecule has 0 aliphatic rings. The van der Waals surface area contributed by atoms with Gasteiger partial charge in [0.05, 0.1) is 4.92 Å². The van der Waals surface area contributed by atoms with Gasteiger partial charge in [-0.05, 0) is 23.8 Å². The zero-order chi connectivity index (χ0) is 10.8. The van der Waals surface area contributed by atoms with E-state index in [1.165, 1.54) is 6.07 Å². The van der Waals surface area contributed by atoms with E-state index in [2.05, 4.69) is 4.98 Å². The third kappa shape index (κ3) is 1.94. The first kappa shape index (κ1) is 9.60. The molecule has 2 heterocycles. The summed E-state index contributed by atoms with van der Waals surface area (Å²) in [6.07, 6.45) is 1.58. The van der Waals surface area contributed by atoms with E-state index in [1.54, 1.807) is 24.4 Å². The molecule has 2 aromatic heterocycles. The van der Waals surface area contributed by atoms with Crippen molar-refractivity contribution in [2.75, 3.05) is 5.73 Å². The summed E-state index contributed by atoms with van der Waals surface area (Å²) in [5.74, 6) is 0.406. The number of nitro groups is 1. The van der Waals surface area contributed by atoms with E-state index in [-0.39, 0.29) is 5.00 Å². The van der Waals surface area contributed by atoms with Crippen LogP contribution in [-0.2, 0) is 0 Å². The molecule has 5 nitrogen and oxygen atoms in total. The quantitative estimate of drug-likeness (QED) is 0.623. The molecule has 0 unspecified atom stereocenters. The Bertz CT molecular complexity index is 510. The minimum absolute atomic E-state index is 0.125. The number of nitrogens with zero attached hydrogens (tertiary/aromatic N) is 2. The van der Waals surface area contributed by atoms with E-state index in [0.29, 0.717) is 5.82 Å². The van der Waals surface area contributed by atoms with Crippen molar-refractivity contribution in [2.45, 2.75) is 0 Å². The summed E-state index contributed by atoms with van der Waals surface area (Å²) in [7, 11) is 0. The molecule has 0 fully saturated rings. The molecule has 0 radical (unpaired) electrons. The summed E-state index contributed by atoms with van der Waals surface area (Å²) in [4.78, 5) is 14.8. The van der Waals surface area contributed by atoms with Gasteiger partial charge in [-0.2, -0.15) is 0 Å². The average molecular weight is 221 g/mol. The van der Waals surface area contributed by atoms with Gasteiger partial charge in [0.2, 0.25) is 0 Å². The summed E-state index contributed by atoms with van der Waals surface area (Å²) in [5, 5.41) is 10.6. The topological polar surface area (TPSA) is 82.0 Å². The Hall–Kier alpha value is -1.95. The lowest BCUT2D eigenvalue weighted by Crippen LogP contribution is -1.88. The van der Waals surface area contributed by atoms with Crippen molar-refractivity contribution in [3.8, 4) is 10.4 Å². The second-order valence-electron chi connectivity index (χ2n) is 2.86. The van der Waals surface area contributed by atoms with Gasteiger partial charge in [0.25, 0.3) is 0 Å². The monoisotopic (exact) mass is 221 g/mol. The molecular weight excluding hydrogens is 214 g/mol. The summed E-state index contributed by atoms with van der Waals surface area (Å²) >= 11 is 1.12. The van der Waals surface area contributed by atoms with E-state index >= 15 is 0 Å². The maximum absolute atomic E-state index is 10.5. The first-order chi connectivity index (χ1) is 7.16. The summed E-state index contributed by atoms with van der Waals surface area (Å²) in [6, 6.07) is 6.65. The van der Waals surface area contributed by atoms with Crippen molar-refractivity contribution in [3.05, 3.63) is 40.6 Å². The lowest BCUT2D eigenvalue weighted by molar-refractivity contribution is -0.380. The highest BCUT2D eigenvalue weighted by molar-refractivity contribution is 7.18. The van der Waals surface area contributed by atoms with E-state index < -0.39 is 4.92 Å². The molecule has 76 valence electrons. The fourth-order valence-corrected chi connectivity index (χ4v) is 2.00. The Morgan fingerprint density at radius 3 is 2.80 bits per heavy atom. The number of aromatic nitrogens is 1. The van der Waals surface area contributed by atoms with Gasteiger partial charge in [-0.1, -0.05) is 11.3 Å². The van der Waals surface area contributed by atoms with Crippen molar-refractivity contribution in [2.24, 2.45) is 0 Å². The molecule has 0 atom stereocenters. The molecule has 0 saturated carbocycles. The molecule has 2 N–H and O–H groups in total. The fourth-order valence-electron chi connectivity index (χ4n) is 1.18. The Labute approximate surface area is 89.3 Å². The van der Waals surface area contributed by atoms with Gasteiger partial charge in [0, 0.05) is 17.1 Å². The first-order valence-electron chi connectivity index (χ1n) is 4.13. The number of hydrogen-bond donors (Lipinski definition) is 1. The molecule has 0 saturated heterocycles. The molecule has 2 rings (SSSR count). The van der Waals surface area contributed by atoms with Gasteiger partial charge >= 0.3 is 5.00 Å². The minimum Gasteiger partial charge on any atom is -0.384 e. The van der Waals surface area contributed by atoms with Crippen LogP contribution in [0.2, 0.25) is 0 Å². The predicted octanol–water partition coefficient (Wildman–Crippen LogP) is 2.30. The second kappa shape index (κ2) is 3.66. The zero-order valence-corrected chi connectivity index (χ0v) is 8.40. The number of thiophene rings is 1. The summed E-state index contributed by atoms with van der Waals surface area (Å²) < 4.78 is 0. The van der Waals surface area contributed by atoms with Crippen LogP contribution in [0.15, 0.2) is 30.5 Å². The van der Waals surface area contributed by atoms with Gasteiger partial charge in [-0.25, -0.2) is 4.98 Å². The van der Waals surface area contributed by atoms with Crippen LogP contribution in [0.5, 0.6) is 0 Å². The number of anilines is 1. The number of hydrogen-bond acceptors (Lipinski definition) is 5. The van der Waals surface area contributed by atoms with Crippen LogP contribution in [0.3, 0.4) is 0 Å². The molecule has 2 aromatic rings. The largest absolute Gasteiger partial charge is 0.384 e. The van der Waals surface area contributed by atoms with E-state index in [9.17, 15) is 10.1 Å². The van der Waals surface area contributed by atoms with Crippen LogP contribution in [0.25, 0.3) is 10.4 Å². The van der Waals surface area contributed by atoms with Crippen LogP contribution in [0.1, 0.15) is 0 Å². The van der Waals surface area contributed by atoms with Crippen LogP contribution in [-0.4, -0.2) is 9.91 Å². The van der Waals surface area contributed by atoms with Crippen molar-refractivity contribution in [1.82, 2.24) is 4.98 Å². The third-order valence-corrected chi connectivity index (χ3v) is 2.92. The van der Waals surface area contributed by atoms with E-state index in [0.717, 1.165) is 21.8 Å². The molecule has 0 aliphatic heterocycles. The molecule has 0 spiro atoms. The first-order valence-corrected chi connectivity index (χ1v) is 4.94. The third-order valence-electron chi connectivity index (χ3n) is 1.84. The van der Waals surface area contributed by atoms with Crippen molar-refractivity contribution in [3.63, 3.8) is 0 Å². The van der Waals surface area contributed by atoms with Gasteiger partial charge < -0.3 is 5.73 Å². The molecule has 0 bridgehead atoms. The fraction of sp³-hybridized carbons (Fsp3) is 0. The Morgan fingerprint density at radius 1 is 1.40 bits per heavy atom. The van der Waals surface area contributed by atoms with Gasteiger partial charge in [0.1, 0.15) is 5.82 Å². The maximum Gasteiger partial charge on any atom is 0.324 e. The smallest absolute Gasteiger partial charge is 0.324 e. The van der Waals surface area contributed by atoms with Gasteiger partial charge in [-0.3, -0.25) is 10.1 Å². The Balaban J connectivity index is 2.41. The average Bonchev–Trinajstić information content (AvgIpc) is 2.66. The molecule has 0 aromatic carbocycles. The van der Waals surface area contributed by atoms with E-state index in [4.69, 9.17) is 5.73 Å². The summed E-state index contributed by atoms with van der Waals surface area (Å²) in [5.41, 5.74) is 6.37. The predicted molar refractivity (Wildman–Crippen MR) is 58.6 cm³/mol. The standard InChI is InChI=1S/C9H7N3O2S/c10-8-5-6(3-4-11-8)7-1-2-9(15-7)12(13)14/h1-5H,(H2,10,11). The lowest BCUT2D eigenvalue weighted by Gasteiger charge is -1.96. The lowest BCUT2D eigenvalue weighted by atomic mass is 10.2. The highest BCUT2D eigenvalue weighted by atomic mass is 32.1. The van der Waals surface area contributed by atoms with Crippen molar-refractivity contribution < 1.29 is 4.92 Å². The Morgan fingerprint density at radius 2 is 2.20 bits per heavy atom. The number of rotatable bonds is 2. The van der Waals surface area contributed by atoms with Crippen LogP contribution < -0.4 is 5.73 Å². The maximum atomic E-state index is 10.5. The highest BCUT2D eigenvalue weighted by Gasteiger charge is 2.10. The molecule has 15 heavy (non-hydrogen) atoms. The number of nitrogens with two attached hydrogens (primary N) is 1. The number of pyridine rings is 1. The second-order valence-corrected chi connectivity index (χ2v) is 3.93. The molecule has 6 heteroatoms. The SMILES string of the molecule is Nc1cc(-c2ccc([N+](=O)[O-])s2)ccn1. The van der Waals surface area contributed by atoms with Crippen LogP contribution >= 0.6 is 11.3 Å². The normalized spacial score (nSPS) is 10.1. The van der Waals surface area contributed by atoms with E-state index in [1.807, 2.05) is 0 Å². The van der Waals surface area contributed by atoms with Crippen LogP contribution in [0.4, 0.5) is 10.8 Å². The molecule has 0 amide bonds. The van der Waals surface area contributed by atoms with Gasteiger partial charge in [0.15, 0.2) is 0 Å². The van der Waals surface area contributed by atoms with Crippen LogP contribution in [0, 0.1) is 10.1 Å². The Kier molecular flexibility index (Phi) is 2.34. The van der Waals surface area contributed by atoms with Crippen molar-refractivity contribution >= 4 is 22.2 Å². The molecular formula is C9H7N3O2S. The highest BCUT2D eigenvalue weighted by Crippen LogP contribution is 2.32.